The molecule has 2 bridgehead atoms. The van der Waals surface area contributed by atoms with E-state index in [-0.39, 0.29) is 12.0 Å². The minimum Gasteiger partial charge on any atom is -0.491 e. The normalized spacial score (nSPS) is 27.7. The number of amides is 1. The summed E-state index contributed by atoms with van der Waals surface area (Å²) >= 11 is 0. The number of hydrogen-bond donors (Lipinski definition) is 2. The second-order valence-electron chi connectivity index (χ2n) is 6.47. The van der Waals surface area contributed by atoms with Crippen molar-refractivity contribution < 1.29 is 9.53 Å². The Hall–Kier alpha value is -1.55. The van der Waals surface area contributed by atoms with Crippen molar-refractivity contribution in [3.05, 3.63) is 29.8 Å². The van der Waals surface area contributed by atoms with Crippen LogP contribution in [0.5, 0.6) is 5.75 Å². The first-order valence-electron chi connectivity index (χ1n) is 7.94. The molecule has 4 nitrogen and oxygen atoms in total. The molecule has 2 unspecified atom stereocenters. The van der Waals surface area contributed by atoms with Gasteiger partial charge in [-0.25, -0.2) is 0 Å². The van der Waals surface area contributed by atoms with Gasteiger partial charge in [0, 0.05) is 23.7 Å². The van der Waals surface area contributed by atoms with Gasteiger partial charge in [0.1, 0.15) is 5.75 Å². The van der Waals surface area contributed by atoms with Crippen LogP contribution in [0.1, 0.15) is 49.9 Å². The Kier molecular flexibility index (Phi) is 4.15. The number of piperidine rings is 1. The standard InChI is InChI=1S/C17H24N2O2/c1-11(2)21-16-5-3-4-12(8-16)17(20)19-15-9-13-6-7-14(10-15)18-13/h3-5,8,11,13-15,18H,6-7,9-10H2,1-2H3,(H,19,20). The van der Waals surface area contributed by atoms with Crippen molar-refractivity contribution >= 4 is 5.91 Å². The van der Waals surface area contributed by atoms with Crippen LogP contribution in [-0.2, 0) is 0 Å². The van der Waals surface area contributed by atoms with Crippen molar-refractivity contribution in [3.63, 3.8) is 0 Å². The monoisotopic (exact) mass is 288 g/mol. The molecule has 0 spiro atoms. The van der Waals surface area contributed by atoms with Crippen LogP contribution in [0, 0.1) is 0 Å². The molecular formula is C17H24N2O2. The van der Waals surface area contributed by atoms with Crippen molar-refractivity contribution in [3.8, 4) is 5.75 Å². The summed E-state index contributed by atoms with van der Waals surface area (Å²) < 4.78 is 5.65. The van der Waals surface area contributed by atoms with Crippen molar-refractivity contribution in [2.24, 2.45) is 0 Å². The van der Waals surface area contributed by atoms with Crippen LogP contribution in [0.4, 0.5) is 0 Å². The van der Waals surface area contributed by atoms with Crippen LogP contribution in [0.3, 0.4) is 0 Å². The topological polar surface area (TPSA) is 50.4 Å². The molecule has 2 saturated heterocycles. The maximum absolute atomic E-state index is 12.4. The van der Waals surface area contributed by atoms with E-state index in [1.807, 2.05) is 38.1 Å². The van der Waals surface area contributed by atoms with Gasteiger partial charge in [0.05, 0.1) is 6.10 Å². The molecule has 2 atom stereocenters. The molecule has 2 aliphatic rings. The summed E-state index contributed by atoms with van der Waals surface area (Å²) in [6.07, 6.45) is 4.70. The molecule has 0 aromatic heterocycles. The van der Waals surface area contributed by atoms with E-state index in [4.69, 9.17) is 4.74 Å². The second-order valence-corrected chi connectivity index (χ2v) is 6.47. The van der Waals surface area contributed by atoms with Gasteiger partial charge >= 0.3 is 0 Å². The number of nitrogens with one attached hydrogen (secondary N) is 2. The number of rotatable bonds is 4. The van der Waals surface area contributed by atoms with Crippen LogP contribution in [0.15, 0.2) is 24.3 Å². The molecule has 0 aliphatic carbocycles. The van der Waals surface area contributed by atoms with Gasteiger partial charge < -0.3 is 15.4 Å². The van der Waals surface area contributed by atoms with Gasteiger partial charge in [-0.2, -0.15) is 0 Å². The Labute approximate surface area is 126 Å². The Balaban J connectivity index is 1.62. The third-order valence-corrected chi connectivity index (χ3v) is 4.28. The van der Waals surface area contributed by atoms with Crippen molar-refractivity contribution in [2.45, 2.75) is 63.8 Å². The number of carbonyl (C=O) groups is 1. The molecule has 0 radical (unpaired) electrons. The number of fused-ring (bicyclic) bond motifs is 2. The highest BCUT2D eigenvalue weighted by Gasteiger charge is 2.34. The van der Waals surface area contributed by atoms with Gasteiger partial charge in [-0.3, -0.25) is 4.79 Å². The van der Waals surface area contributed by atoms with E-state index in [0.29, 0.717) is 23.7 Å². The van der Waals surface area contributed by atoms with Crippen molar-refractivity contribution in [1.82, 2.24) is 10.6 Å². The van der Waals surface area contributed by atoms with E-state index in [9.17, 15) is 4.79 Å². The van der Waals surface area contributed by atoms with Crippen LogP contribution in [-0.4, -0.2) is 30.1 Å². The fourth-order valence-electron chi connectivity index (χ4n) is 3.43. The summed E-state index contributed by atoms with van der Waals surface area (Å²) in [7, 11) is 0. The van der Waals surface area contributed by atoms with E-state index in [1.165, 1.54) is 12.8 Å². The average molecular weight is 288 g/mol. The van der Waals surface area contributed by atoms with Gasteiger partial charge in [0.2, 0.25) is 0 Å². The summed E-state index contributed by atoms with van der Waals surface area (Å²) in [5.41, 5.74) is 0.680. The fourth-order valence-corrected chi connectivity index (χ4v) is 3.43. The lowest BCUT2D eigenvalue weighted by Gasteiger charge is -2.29. The minimum atomic E-state index is 0.00973. The molecule has 1 aromatic carbocycles. The highest BCUT2D eigenvalue weighted by Crippen LogP contribution is 2.27. The maximum atomic E-state index is 12.4. The molecule has 21 heavy (non-hydrogen) atoms. The first-order valence-corrected chi connectivity index (χ1v) is 7.94. The molecule has 3 rings (SSSR count). The first kappa shape index (κ1) is 14.4. The smallest absolute Gasteiger partial charge is 0.251 e. The maximum Gasteiger partial charge on any atom is 0.251 e. The lowest BCUT2D eigenvalue weighted by atomic mass is 9.99. The lowest BCUT2D eigenvalue weighted by Crippen LogP contribution is -2.48. The van der Waals surface area contributed by atoms with Gasteiger partial charge in [-0.15, -0.1) is 0 Å². The van der Waals surface area contributed by atoms with Gasteiger partial charge in [0.25, 0.3) is 5.91 Å². The zero-order chi connectivity index (χ0) is 14.8. The average Bonchev–Trinajstić information content (AvgIpc) is 2.77. The summed E-state index contributed by atoms with van der Waals surface area (Å²) in [4.78, 5) is 12.4. The molecule has 2 N–H and O–H groups in total. The Morgan fingerprint density at radius 3 is 2.67 bits per heavy atom. The second kappa shape index (κ2) is 6.06. The zero-order valence-corrected chi connectivity index (χ0v) is 12.8. The summed E-state index contributed by atoms with van der Waals surface area (Å²) in [6, 6.07) is 8.91. The summed E-state index contributed by atoms with van der Waals surface area (Å²) in [6.45, 7) is 3.97. The van der Waals surface area contributed by atoms with Crippen LogP contribution in [0.2, 0.25) is 0 Å². The minimum absolute atomic E-state index is 0.00973. The molecule has 2 aliphatic heterocycles. The fraction of sp³-hybridized carbons (Fsp3) is 0.588. The Bertz CT molecular complexity index is 503. The van der Waals surface area contributed by atoms with Crippen LogP contribution >= 0.6 is 0 Å². The molecule has 114 valence electrons. The molecule has 1 amide bonds. The largest absolute Gasteiger partial charge is 0.491 e. The number of ether oxygens (including phenoxy) is 1. The summed E-state index contributed by atoms with van der Waals surface area (Å²) in [5, 5.41) is 6.77. The zero-order valence-electron chi connectivity index (χ0n) is 12.8. The highest BCUT2D eigenvalue weighted by atomic mass is 16.5. The van der Waals surface area contributed by atoms with Crippen molar-refractivity contribution in [1.29, 1.82) is 0 Å². The van der Waals surface area contributed by atoms with Gasteiger partial charge in [-0.1, -0.05) is 6.07 Å². The van der Waals surface area contributed by atoms with Gasteiger partial charge in [0.15, 0.2) is 0 Å². The third-order valence-electron chi connectivity index (χ3n) is 4.28. The Morgan fingerprint density at radius 2 is 2.00 bits per heavy atom. The highest BCUT2D eigenvalue weighted by molar-refractivity contribution is 5.94. The van der Waals surface area contributed by atoms with E-state index in [0.717, 1.165) is 18.6 Å². The predicted molar refractivity (Wildman–Crippen MR) is 82.6 cm³/mol. The van der Waals surface area contributed by atoms with Crippen molar-refractivity contribution in [2.75, 3.05) is 0 Å². The van der Waals surface area contributed by atoms with Crippen LogP contribution < -0.4 is 15.4 Å². The predicted octanol–water partition coefficient (Wildman–Crippen LogP) is 2.49. The SMILES string of the molecule is CC(C)Oc1cccc(C(=O)NC2CC3CCC(C2)N3)c1. The quantitative estimate of drug-likeness (QED) is 0.895. The van der Waals surface area contributed by atoms with E-state index < -0.39 is 0 Å². The van der Waals surface area contributed by atoms with E-state index in [1.54, 1.807) is 0 Å². The number of benzene rings is 1. The molecular weight excluding hydrogens is 264 g/mol. The van der Waals surface area contributed by atoms with E-state index >= 15 is 0 Å². The molecule has 1 aromatic rings. The number of hydrogen-bond acceptors (Lipinski definition) is 3. The van der Waals surface area contributed by atoms with E-state index in [2.05, 4.69) is 10.6 Å². The molecule has 0 saturated carbocycles. The van der Waals surface area contributed by atoms with Gasteiger partial charge in [-0.05, 0) is 57.7 Å². The molecule has 2 heterocycles. The van der Waals surface area contributed by atoms with Crippen LogP contribution in [0.25, 0.3) is 0 Å². The third kappa shape index (κ3) is 3.56. The lowest BCUT2D eigenvalue weighted by molar-refractivity contribution is 0.0923. The number of carbonyl (C=O) groups excluding carboxylic acids is 1. The summed E-state index contributed by atoms with van der Waals surface area (Å²) in [5.74, 6) is 0.763. The first-order chi connectivity index (χ1) is 10.1. The molecule has 4 heteroatoms. The Morgan fingerprint density at radius 1 is 1.29 bits per heavy atom. The molecule has 2 fully saturated rings.